The molecule has 0 spiro atoms. The van der Waals surface area contributed by atoms with E-state index in [1.807, 2.05) is 18.2 Å². The number of carbonyl (C=O) groups excluding carboxylic acids is 3. The number of nitrogens with one attached hydrogen (secondary N) is 1. The van der Waals surface area contributed by atoms with Gasteiger partial charge in [-0.25, -0.2) is 4.79 Å². The third-order valence-electron chi connectivity index (χ3n) is 4.18. The summed E-state index contributed by atoms with van der Waals surface area (Å²) in [6.45, 7) is 4.13. The van der Waals surface area contributed by atoms with Crippen LogP contribution in [-0.2, 0) is 27.3 Å². The number of thiophene rings is 1. The fraction of sp³-hybridized carbons (Fsp3) is 0.316. The summed E-state index contributed by atoms with van der Waals surface area (Å²) in [5.74, 6) is -0.975. The van der Waals surface area contributed by atoms with Crippen molar-refractivity contribution in [3.8, 4) is 0 Å². The Morgan fingerprint density at radius 3 is 2.62 bits per heavy atom. The summed E-state index contributed by atoms with van der Waals surface area (Å²) < 4.78 is 5.33. The number of fused-ring (bicyclic) bond motifs is 1. The van der Waals surface area contributed by atoms with Crippen LogP contribution in [0.2, 0.25) is 0 Å². The van der Waals surface area contributed by atoms with E-state index >= 15 is 0 Å². The van der Waals surface area contributed by atoms with Crippen molar-refractivity contribution in [2.24, 2.45) is 0 Å². The Bertz CT molecular complexity index is 846. The first-order valence-corrected chi connectivity index (χ1v) is 9.19. The van der Waals surface area contributed by atoms with Crippen molar-refractivity contribution >= 4 is 34.1 Å². The number of rotatable bonds is 4. The normalized spacial score (nSPS) is 14.3. The molecule has 1 aromatic carbocycles. The number of hydrogen-bond donors (Lipinski definition) is 1. The SMILES string of the molecule is CC(=O)Nc1ccc(C(=O)O[C@@H](C)C(=O)N2CCc3ccccc3C2)s1. The van der Waals surface area contributed by atoms with E-state index in [4.69, 9.17) is 4.74 Å². The second kappa shape index (κ2) is 7.70. The van der Waals surface area contributed by atoms with E-state index in [1.165, 1.54) is 12.5 Å². The largest absolute Gasteiger partial charge is 0.448 e. The third kappa shape index (κ3) is 4.11. The highest BCUT2D eigenvalue weighted by atomic mass is 32.1. The molecule has 0 bridgehead atoms. The van der Waals surface area contributed by atoms with E-state index < -0.39 is 12.1 Å². The minimum Gasteiger partial charge on any atom is -0.448 e. The first-order valence-electron chi connectivity index (χ1n) is 8.38. The smallest absolute Gasteiger partial charge is 0.349 e. The van der Waals surface area contributed by atoms with Crippen LogP contribution in [0.1, 0.15) is 34.6 Å². The quantitative estimate of drug-likeness (QED) is 0.838. The Balaban J connectivity index is 1.60. The fourth-order valence-electron chi connectivity index (χ4n) is 2.90. The number of hydrogen-bond acceptors (Lipinski definition) is 5. The Morgan fingerprint density at radius 2 is 1.88 bits per heavy atom. The molecule has 0 aliphatic carbocycles. The van der Waals surface area contributed by atoms with Gasteiger partial charge in [0.15, 0.2) is 6.10 Å². The number of nitrogens with zero attached hydrogens (tertiary/aromatic N) is 1. The van der Waals surface area contributed by atoms with Crippen LogP contribution in [0, 0.1) is 0 Å². The van der Waals surface area contributed by atoms with Gasteiger partial charge in [-0.15, -0.1) is 11.3 Å². The Labute approximate surface area is 155 Å². The van der Waals surface area contributed by atoms with Crippen molar-refractivity contribution in [1.29, 1.82) is 0 Å². The number of ether oxygens (including phenoxy) is 1. The highest BCUT2D eigenvalue weighted by Gasteiger charge is 2.27. The maximum absolute atomic E-state index is 12.6. The van der Waals surface area contributed by atoms with E-state index in [1.54, 1.807) is 24.0 Å². The Kier molecular flexibility index (Phi) is 5.37. The van der Waals surface area contributed by atoms with E-state index in [0.717, 1.165) is 23.3 Å². The molecule has 1 aliphatic rings. The van der Waals surface area contributed by atoms with Gasteiger partial charge in [0.2, 0.25) is 5.91 Å². The van der Waals surface area contributed by atoms with Gasteiger partial charge in [-0.3, -0.25) is 9.59 Å². The summed E-state index contributed by atoms with van der Waals surface area (Å²) in [4.78, 5) is 38.0. The van der Waals surface area contributed by atoms with Crippen LogP contribution in [0.25, 0.3) is 0 Å². The predicted molar refractivity (Wildman–Crippen MR) is 99.1 cm³/mol. The topological polar surface area (TPSA) is 75.7 Å². The van der Waals surface area contributed by atoms with Crippen LogP contribution >= 0.6 is 11.3 Å². The van der Waals surface area contributed by atoms with Gasteiger partial charge in [-0.2, -0.15) is 0 Å². The van der Waals surface area contributed by atoms with Crippen LogP contribution in [0.3, 0.4) is 0 Å². The van der Waals surface area contributed by atoms with Crippen LogP contribution in [-0.4, -0.2) is 35.3 Å². The molecule has 1 N–H and O–H groups in total. The third-order valence-corrected chi connectivity index (χ3v) is 5.16. The summed E-state index contributed by atoms with van der Waals surface area (Å²) in [6, 6.07) is 11.3. The lowest BCUT2D eigenvalue weighted by Crippen LogP contribution is -2.42. The molecular formula is C19H20N2O4S. The molecule has 136 valence electrons. The molecule has 7 heteroatoms. The van der Waals surface area contributed by atoms with Crippen LogP contribution in [0.5, 0.6) is 0 Å². The monoisotopic (exact) mass is 372 g/mol. The van der Waals surface area contributed by atoms with Gasteiger partial charge in [-0.05, 0) is 36.6 Å². The molecule has 0 unspecified atom stereocenters. The molecule has 26 heavy (non-hydrogen) atoms. The van der Waals surface area contributed by atoms with Gasteiger partial charge in [-0.1, -0.05) is 24.3 Å². The van der Waals surface area contributed by atoms with Gasteiger partial charge in [0, 0.05) is 20.0 Å². The summed E-state index contributed by atoms with van der Waals surface area (Å²) >= 11 is 1.12. The molecule has 0 saturated carbocycles. The first kappa shape index (κ1) is 18.1. The summed E-state index contributed by atoms with van der Waals surface area (Å²) in [7, 11) is 0. The molecule has 3 rings (SSSR count). The molecule has 1 aromatic heterocycles. The fourth-order valence-corrected chi connectivity index (χ4v) is 3.73. The van der Waals surface area contributed by atoms with Gasteiger partial charge in [0.05, 0.1) is 5.00 Å². The molecule has 2 amide bonds. The highest BCUT2D eigenvalue weighted by Crippen LogP contribution is 2.24. The molecule has 0 saturated heterocycles. The first-order chi connectivity index (χ1) is 12.4. The molecule has 6 nitrogen and oxygen atoms in total. The van der Waals surface area contributed by atoms with Crippen molar-refractivity contribution < 1.29 is 19.1 Å². The molecule has 2 heterocycles. The van der Waals surface area contributed by atoms with Crippen LogP contribution < -0.4 is 5.32 Å². The Morgan fingerprint density at radius 1 is 1.15 bits per heavy atom. The zero-order valence-electron chi connectivity index (χ0n) is 14.7. The average Bonchev–Trinajstić information content (AvgIpc) is 3.08. The second-order valence-electron chi connectivity index (χ2n) is 6.17. The van der Waals surface area contributed by atoms with Crippen LogP contribution in [0.15, 0.2) is 36.4 Å². The summed E-state index contributed by atoms with van der Waals surface area (Å²) in [6.07, 6.45) is -0.0628. The number of esters is 1. The van der Waals surface area contributed by atoms with E-state index in [2.05, 4.69) is 11.4 Å². The zero-order valence-corrected chi connectivity index (χ0v) is 15.5. The highest BCUT2D eigenvalue weighted by molar-refractivity contribution is 7.18. The van der Waals surface area contributed by atoms with Crippen molar-refractivity contribution in [2.45, 2.75) is 32.9 Å². The minimum atomic E-state index is -0.862. The number of amides is 2. The predicted octanol–water partition coefficient (Wildman–Crippen LogP) is 2.84. The maximum atomic E-state index is 12.6. The van der Waals surface area contributed by atoms with Gasteiger partial charge in [0.25, 0.3) is 5.91 Å². The minimum absolute atomic E-state index is 0.202. The molecular weight excluding hydrogens is 352 g/mol. The molecule has 1 aliphatic heterocycles. The number of benzene rings is 1. The van der Waals surface area contributed by atoms with E-state index in [9.17, 15) is 14.4 Å². The number of anilines is 1. The lowest BCUT2D eigenvalue weighted by Gasteiger charge is -2.30. The lowest BCUT2D eigenvalue weighted by atomic mass is 9.99. The maximum Gasteiger partial charge on any atom is 0.349 e. The zero-order chi connectivity index (χ0) is 18.7. The molecule has 0 radical (unpaired) electrons. The standard InChI is InChI=1S/C19H20N2O4S/c1-12(25-19(24)16-7-8-17(26-16)20-13(2)22)18(23)21-10-9-14-5-3-4-6-15(14)11-21/h3-8,12H,9-11H2,1-2H3,(H,20,22)/t12-/m0/s1. The molecule has 0 fully saturated rings. The molecule has 2 aromatic rings. The van der Waals surface area contributed by atoms with Gasteiger partial charge < -0.3 is 15.0 Å². The van der Waals surface area contributed by atoms with Crippen molar-refractivity contribution in [3.63, 3.8) is 0 Å². The second-order valence-corrected chi connectivity index (χ2v) is 7.25. The summed E-state index contributed by atoms with van der Waals surface area (Å²) in [5, 5.41) is 3.18. The number of carbonyl (C=O) groups is 3. The van der Waals surface area contributed by atoms with Crippen molar-refractivity contribution in [1.82, 2.24) is 4.90 Å². The van der Waals surface area contributed by atoms with E-state index in [0.29, 0.717) is 23.0 Å². The van der Waals surface area contributed by atoms with Gasteiger partial charge in [0.1, 0.15) is 4.88 Å². The molecule has 1 atom stereocenters. The van der Waals surface area contributed by atoms with Crippen LogP contribution in [0.4, 0.5) is 5.00 Å². The van der Waals surface area contributed by atoms with Crippen molar-refractivity contribution in [3.05, 3.63) is 52.4 Å². The summed E-state index contributed by atoms with van der Waals surface area (Å²) in [5.41, 5.74) is 2.38. The van der Waals surface area contributed by atoms with E-state index in [-0.39, 0.29) is 11.8 Å². The van der Waals surface area contributed by atoms with Gasteiger partial charge >= 0.3 is 5.97 Å². The average molecular weight is 372 g/mol. The lowest BCUT2D eigenvalue weighted by molar-refractivity contribution is -0.140. The van der Waals surface area contributed by atoms with Crippen molar-refractivity contribution in [2.75, 3.05) is 11.9 Å². The Hall–Kier alpha value is -2.67.